The van der Waals surface area contributed by atoms with Gasteiger partial charge in [0.2, 0.25) is 5.91 Å². The number of hydrogen-bond donors (Lipinski definition) is 1. The van der Waals surface area contributed by atoms with Crippen LogP contribution in [0, 0.1) is 5.92 Å². The first-order valence-corrected chi connectivity index (χ1v) is 7.35. The van der Waals surface area contributed by atoms with E-state index in [1.165, 1.54) is 6.42 Å². The molecule has 0 aromatic carbocycles. The number of amides is 1. The Hall–Kier alpha value is -0.610. The summed E-state index contributed by atoms with van der Waals surface area (Å²) in [6, 6.07) is 0.232. The number of ether oxygens (including phenoxy) is 1. The Morgan fingerprint density at radius 2 is 2.17 bits per heavy atom. The van der Waals surface area contributed by atoms with Gasteiger partial charge in [0.1, 0.15) is 0 Å². The lowest BCUT2D eigenvalue weighted by Gasteiger charge is -2.26. The van der Waals surface area contributed by atoms with E-state index in [1.807, 2.05) is 11.8 Å². The van der Waals surface area contributed by atoms with Gasteiger partial charge in [0.15, 0.2) is 0 Å². The zero-order valence-corrected chi connectivity index (χ0v) is 11.4. The van der Waals surface area contributed by atoms with Gasteiger partial charge in [0, 0.05) is 32.2 Å². The highest BCUT2D eigenvalue weighted by Gasteiger charge is 2.28. The monoisotopic (exact) mass is 254 g/mol. The summed E-state index contributed by atoms with van der Waals surface area (Å²) >= 11 is 0. The van der Waals surface area contributed by atoms with E-state index in [2.05, 4.69) is 0 Å². The van der Waals surface area contributed by atoms with Crippen molar-refractivity contribution in [1.29, 1.82) is 0 Å². The molecule has 0 aromatic rings. The van der Waals surface area contributed by atoms with E-state index in [0.29, 0.717) is 12.3 Å². The number of nitrogens with zero attached hydrogens (tertiary/aromatic N) is 1. The van der Waals surface area contributed by atoms with Crippen LogP contribution in [-0.4, -0.2) is 42.6 Å². The molecule has 4 heteroatoms. The Bertz CT molecular complexity index is 277. The highest BCUT2D eigenvalue weighted by Crippen LogP contribution is 2.27. The number of carbonyl (C=O) groups is 1. The molecule has 1 amide bonds. The van der Waals surface area contributed by atoms with Crippen molar-refractivity contribution in [3.05, 3.63) is 0 Å². The Morgan fingerprint density at radius 1 is 1.33 bits per heavy atom. The molecule has 2 rings (SSSR count). The Labute approximate surface area is 110 Å². The highest BCUT2D eigenvalue weighted by molar-refractivity contribution is 5.76. The predicted octanol–water partition coefficient (Wildman–Crippen LogP) is 1.53. The lowest BCUT2D eigenvalue weighted by molar-refractivity contribution is -0.133. The molecule has 2 N–H and O–H groups in total. The fourth-order valence-electron chi connectivity index (χ4n) is 3.11. The van der Waals surface area contributed by atoms with Crippen molar-refractivity contribution in [1.82, 2.24) is 4.90 Å². The van der Waals surface area contributed by atoms with E-state index in [-0.39, 0.29) is 18.1 Å². The second kappa shape index (κ2) is 6.53. The van der Waals surface area contributed by atoms with Crippen LogP contribution in [0.4, 0.5) is 0 Å². The zero-order valence-electron chi connectivity index (χ0n) is 11.4. The molecule has 2 aliphatic rings. The maximum absolute atomic E-state index is 12.3. The molecule has 104 valence electrons. The van der Waals surface area contributed by atoms with Gasteiger partial charge in [-0.3, -0.25) is 4.79 Å². The van der Waals surface area contributed by atoms with Crippen molar-refractivity contribution >= 4 is 5.91 Å². The van der Waals surface area contributed by atoms with Crippen molar-refractivity contribution in [2.45, 2.75) is 57.6 Å². The molecule has 0 bridgehead atoms. The third-order valence-corrected chi connectivity index (χ3v) is 4.34. The molecule has 18 heavy (non-hydrogen) atoms. The molecule has 0 spiro atoms. The van der Waals surface area contributed by atoms with Crippen LogP contribution >= 0.6 is 0 Å². The normalized spacial score (nSPS) is 31.8. The number of hydrogen-bond acceptors (Lipinski definition) is 3. The maximum atomic E-state index is 12.3. The molecule has 0 aromatic heterocycles. The molecule has 1 saturated heterocycles. The van der Waals surface area contributed by atoms with Crippen molar-refractivity contribution in [2.75, 3.05) is 19.7 Å². The summed E-state index contributed by atoms with van der Waals surface area (Å²) in [6.07, 6.45) is 6.47. The van der Waals surface area contributed by atoms with Gasteiger partial charge in [-0.25, -0.2) is 0 Å². The lowest BCUT2D eigenvalue weighted by atomic mass is 9.99. The van der Waals surface area contributed by atoms with Crippen LogP contribution in [0.5, 0.6) is 0 Å². The average Bonchev–Trinajstić information content (AvgIpc) is 2.99. The molecule has 3 atom stereocenters. The van der Waals surface area contributed by atoms with Crippen molar-refractivity contribution in [2.24, 2.45) is 11.7 Å². The smallest absolute Gasteiger partial charge is 0.222 e. The number of nitrogens with two attached hydrogens (primary N) is 1. The minimum absolute atomic E-state index is 0.232. The van der Waals surface area contributed by atoms with Gasteiger partial charge in [-0.05, 0) is 38.5 Å². The van der Waals surface area contributed by atoms with Crippen LogP contribution in [0.2, 0.25) is 0 Å². The van der Waals surface area contributed by atoms with Crippen LogP contribution < -0.4 is 5.73 Å². The van der Waals surface area contributed by atoms with E-state index >= 15 is 0 Å². The van der Waals surface area contributed by atoms with E-state index < -0.39 is 0 Å². The van der Waals surface area contributed by atoms with E-state index in [9.17, 15) is 4.79 Å². The number of likely N-dealkylation sites (N-methyl/N-ethyl adjacent to an activating group) is 1. The van der Waals surface area contributed by atoms with E-state index in [1.54, 1.807) is 0 Å². The molecular formula is C14H26N2O2. The van der Waals surface area contributed by atoms with Crippen LogP contribution in [0.1, 0.15) is 45.4 Å². The van der Waals surface area contributed by atoms with Crippen LogP contribution in [0.3, 0.4) is 0 Å². The zero-order chi connectivity index (χ0) is 13.0. The predicted molar refractivity (Wildman–Crippen MR) is 71.2 cm³/mol. The fraction of sp³-hybridized carbons (Fsp3) is 0.929. The maximum Gasteiger partial charge on any atom is 0.222 e. The first-order chi connectivity index (χ1) is 8.70. The quantitative estimate of drug-likeness (QED) is 0.809. The average molecular weight is 254 g/mol. The molecule has 1 unspecified atom stereocenters. The molecule has 1 heterocycles. The number of rotatable bonds is 5. The highest BCUT2D eigenvalue weighted by atomic mass is 16.5. The van der Waals surface area contributed by atoms with Crippen molar-refractivity contribution in [3.8, 4) is 0 Å². The van der Waals surface area contributed by atoms with E-state index in [0.717, 1.165) is 45.4 Å². The molecule has 4 nitrogen and oxygen atoms in total. The largest absolute Gasteiger partial charge is 0.376 e. The van der Waals surface area contributed by atoms with Gasteiger partial charge >= 0.3 is 0 Å². The molecule has 1 aliphatic heterocycles. The van der Waals surface area contributed by atoms with Crippen LogP contribution in [0.15, 0.2) is 0 Å². The van der Waals surface area contributed by atoms with Crippen LogP contribution in [0.25, 0.3) is 0 Å². The topological polar surface area (TPSA) is 55.6 Å². The molecule has 0 radical (unpaired) electrons. The minimum Gasteiger partial charge on any atom is -0.376 e. The summed E-state index contributed by atoms with van der Waals surface area (Å²) < 4.78 is 5.61. The third kappa shape index (κ3) is 3.45. The molecule has 1 aliphatic carbocycles. The Balaban J connectivity index is 1.80. The molecule has 2 fully saturated rings. The summed E-state index contributed by atoms with van der Waals surface area (Å²) in [5.41, 5.74) is 6.04. The summed E-state index contributed by atoms with van der Waals surface area (Å²) in [6.45, 7) is 4.43. The third-order valence-electron chi connectivity index (χ3n) is 4.34. The number of carbonyl (C=O) groups excluding carboxylic acids is 1. The van der Waals surface area contributed by atoms with Gasteiger partial charge < -0.3 is 15.4 Å². The van der Waals surface area contributed by atoms with Gasteiger partial charge in [0.25, 0.3) is 0 Å². The lowest BCUT2D eigenvalue weighted by Crippen LogP contribution is -2.39. The standard InChI is InChI=1S/C14H26N2O2/c1-2-16(10-12-6-4-8-18-12)14(17)9-11-5-3-7-13(11)15/h11-13H,2-10,15H2,1H3/t11-,12?,13+/m0/s1. The van der Waals surface area contributed by atoms with Crippen molar-refractivity contribution in [3.63, 3.8) is 0 Å². The van der Waals surface area contributed by atoms with Gasteiger partial charge in [-0.1, -0.05) is 6.42 Å². The summed E-state index contributed by atoms with van der Waals surface area (Å²) in [5.74, 6) is 0.659. The van der Waals surface area contributed by atoms with Gasteiger partial charge in [0.05, 0.1) is 6.10 Å². The molecule has 1 saturated carbocycles. The first-order valence-electron chi connectivity index (χ1n) is 7.35. The summed E-state index contributed by atoms with van der Waals surface area (Å²) in [7, 11) is 0. The second-order valence-electron chi connectivity index (χ2n) is 5.63. The minimum atomic E-state index is 0.232. The van der Waals surface area contributed by atoms with E-state index in [4.69, 9.17) is 10.5 Å². The Morgan fingerprint density at radius 3 is 2.72 bits per heavy atom. The Kier molecular flexibility index (Phi) is 5.01. The molecular weight excluding hydrogens is 228 g/mol. The van der Waals surface area contributed by atoms with Crippen molar-refractivity contribution < 1.29 is 9.53 Å². The van der Waals surface area contributed by atoms with Gasteiger partial charge in [-0.2, -0.15) is 0 Å². The SMILES string of the molecule is CCN(CC1CCCO1)C(=O)C[C@@H]1CCC[C@H]1N. The fourth-order valence-corrected chi connectivity index (χ4v) is 3.11. The summed E-state index contributed by atoms with van der Waals surface area (Å²) in [4.78, 5) is 14.2. The second-order valence-corrected chi connectivity index (χ2v) is 5.63. The van der Waals surface area contributed by atoms with Gasteiger partial charge in [-0.15, -0.1) is 0 Å². The summed E-state index contributed by atoms with van der Waals surface area (Å²) in [5, 5.41) is 0. The first kappa shape index (κ1) is 13.8. The van der Waals surface area contributed by atoms with Crippen LogP contribution in [-0.2, 0) is 9.53 Å².